The molecule has 0 saturated carbocycles. The summed E-state index contributed by atoms with van der Waals surface area (Å²) >= 11 is 1.65. The van der Waals surface area contributed by atoms with Crippen LogP contribution in [-0.4, -0.2) is 54.3 Å². The van der Waals surface area contributed by atoms with Crippen molar-refractivity contribution in [1.29, 1.82) is 0 Å². The summed E-state index contributed by atoms with van der Waals surface area (Å²) in [4.78, 5) is 27.8. The van der Waals surface area contributed by atoms with Gasteiger partial charge in [0, 0.05) is 49.4 Å². The minimum atomic E-state index is -0.257. The number of hydrogen-bond donors (Lipinski definition) is 2. The van der Waals surface area contributed by atoms with Crippen molar-refractivity contribution in [3.63, 3.8) is 0 Å². The molecule has 2 amide bonds. The zero-order valence-corrected chi connectivity index (χ0v) is 18.1. The number of nitrogens with one attached hydrogen (secondary N) is 2. The van der Waals surface area contributed by atoms with Crippen LogP contribution in [0.2, 0.25) is 0 Å². The molecule has 0 unspecified atom stereocenters. The van der Waals surface area contributed by atoms with Gasteiger partial charge in [-0.3, -0.25) is 0 Å². The van der Waals surface area contributed by atoms with Crippen molar-refractivity contribution in [3.8, 4) is 11.4 Å². The summed E-state index contributed by atoms with van der Waals surface area (Å²) in [6.45, 7) is 2.99. The third-order valence-electron chi connectivity index (χ3n) is 4.73. The quantitative estimate of drug-likeness (QED) is 0.572. The molecule has 1 aromatic carbocycles. The van der Waals surface area contributed by atoms with E-state index in [0.29, 0.717) is 30.5 Å². The molecule has 0 radical (unpaired) electrons. The van der Waals surface area contributed by atoms with Crippen LogP contribution in [0.15, 0.2) is 59.8 Å². The molecule has 2 aromatic heterocycles. The van der Waals surface area contributed by atoms with Gasteiger partial charge in [-0.1, -0.05) is 6.07 Å². The molecule has 1 aliphatic heterocycles. The van der Waals surface area contributed by atoms with Gasteiger partial charge >= 0.3 is 6.03 Å². The van der Waals surface area contributed by atoms with E-state index in [4.69, 9.17) is 14.7 Å². The fourth-order valence-electron chi connectivity index (χ4n) is 3.12. The predicted octanol–water partition coefficient (Wildman–Crippen LogP) is 3.42. The number of benzene rings is 1. The Morgan fingerprint density at radius 1 is 1.13 bits per heavy atom. The summed E-state index contributed by atoms with van der Waals surface area (Å²) in [5.74, 6) is 2.25. The predicted molar refractivity (Wildman–Crippen MR) is 122 cm³/mol. The number of ether oxygens (including phenoxy) is 1. The molecule has 0 bridgehead atoms. The average molecular weight is 437 g/mol. The Labute approximate surface area is 185 Å². The van der Waals surface area contributed by atoms with E-state index in [0.717, 1.165) is 35.2 Å². The van der Waals surface area contributed by atoms with Crippen molar-refractivity contribution in [2.45, 2.75) is 10.8 Å². The molecule has 1 fully saturated rings. The van der Waals surface area contributed by atoms with Gasteiger partial charge < -0.3 is 20.3 Å². The van der Waals surface area contributed by atoms with Crippen LogP contribution in [0.4, 0.5) is 16.3 Å². The van der Waals surface area contributed by atoms with Crippen molar-refractivity contribution >= 4 is 29.3 Å². The van der Waals surface area contributed by atoms with Crippen molar-refractivity contribution in [2.24, 2.45) is 0 Å². The monoisotopic (exact) mass is 436 g/mol. The number of rotatable bonds is 6. The molecule has 0 aliphatic carbocycles. The van der Waals surface area contributed by atoms with E-state index in [2.05, 4.69) is 20.5 Å². The molecule has 0 atom stereocenters. The van der Waals surface area contributed by atoms with E-state index < -0.39 is 0 Å². The van der Waals surface area contributed by atoms with Gasteiger partial charge in [-0.15, -0.1) is 11.8 Å². The topological polar surface area (TPSA) is 92.3 Å². The number of hydrogen-bond acceptors (Lipinski definition) is 7. The largest absolute Gasteiger partial charge is 0.378 e. The standard InChI is InChI=1S/C22H24N6O2S/c1-23-22(29)26-17-7-5-16(6-8-17)21-25-18(15-31-20-4-2-3-9-24-20)14-19(27-21)28-10-12-30-13-11-28/h2-9,14H,10-13,15H2,1H3,(H2,23,26,29). The first-order valence-corrected chi connectivity index (χ1v) is 11.0. The number of anilines is 2. The summed E-state index contributed by atoms with van der Waals surface area (Å²) < 4.78 is 5.49. The number of morpholine rings is 1. The van der Waals surface area contributed by atoms with Gasteiger partial charge in [0.1, 0.15) is 5.82 Å². The van der Waals surface area contributed by atoms with Crippen molar-refractivity contribution < 1.29 is 9.53 Å². The lowest BCUT2D eigenvalue weighted by Crippen LogP contribution is -2.37. The van der Waals surface area contributed by atoms with Gasteiger partial charge in [-0.2, -0.15) is 0 Å². The Balaban J connectivity index is 1.59. The number of urea groups is 1. The van der Waals surface area contributed by atoms with Crippen molar-refractivity contribution in [1.82, 2.24) is 20.3 Å². The summed E-state index contributed by atoms with van der Waals surface area (Å²) in [6, 6.07) is 15.2. The lowest BCUT2D eigenvalue weighted by molar-refractivity contribution is 0.122. The fraction of sp³-hybridized carbons (Fsp3) is 0.273. The molecule has 3 heterocycles. The van der Waals surface area contributed by atoms with Gasteiger partial charge in [-0.25, -0.2) is 19.7 Å². The van der Waals surface area contributed by atoms with Crippen LogP contribution < -0.4 is 15.5 Å². The molecular formula is C22H24N6O2S. The lowest BCUT2D eigenvalue weighted by atomic mass is 10.2. The van der Waals surface area contributed by atoms with Gasteiger partial charge in [0.2, 0.25) is 0 Å². The number of pyridine rings is 1. The molecule has 160 valence electrons. The van der Waals surface area contributed by atoms with Gasteiger partial charge in [0.25, 0.3) is 0 Å². The Bertz CT molecular complexity index is 1010. The summed E-state index contributed by atoms with van der Waals surface area (Å²) in [6.07, 6.45) is 1.79. The molecule has 3 aromatic rings. The van der Waals surface area contributed by atoms with E-state index in [1.807, 2.05) is 48.5 Å². The van der Waals surface area contributed by atoms with Gasteiger partial charge in [-0.05, 0) is 36.4 Å². The zero-order valence-electron chi connectivity index (χ0n) is 17.2. The average Bonchev–Trinajstić information content (AvgIpc) is 2.84. The number of nitrogens with zero attached hydrogens (tertiary/aromatic N) is 4. The Hall–Kier alpha value is -3.17. The van der Waals surface area contributed by atoms with Crippen LogP contribution in [0.3, 0.4) is 0 Å². The molecule has 8 nitrogen and oxygen atoms in total. The molecule has 1 aliphatic rings. The molecule has 9 heteroatoms. The molecule has 1 saturated heterocycles. The molecule has 0 spiro atoms. The number of thioether (sulfide) groups is 1. The van der Waals surface area contributed by atoms with Gasteiger partial charge in [0.05, 0.1) is 23.9 Å². The van der Waals surface area contributed by atoms with Crippen LogP contribution in [0.25, 0.3) is 11.4 Å². The zero-order chi connectivity index (χ0) is 21.5. The second kappa shape index (κ2) is 10.2. The maximum atomic E-state index is 11.5. The van der Waals surface area contributed by atoms with Crippen molar-refractivity contribution in [2.75, 3.05) is 43.6 Å². The van der Waals surface area contributed by atoms with Crippen LogP contribution in [-0.2, 0) is 10.5 Å². The van der Waals surface area contributed by atoms with Crippen LogP contribution in [0.1, 0.15) is 5.69 Å². The van der Waals surface area contributed by atoms with Gasteiger partial charge in [0.15, 0.2) is 5.82 Å². The first-order valence-electron chi connectivity index (χ1n) is 10.0. The Morgan fingerprint density at radius 2 is 1.94 bits per heavy atom. The highest BCUT2D eigenvalue weighted by Gasteiger charge is 2.16. The fourth-order valence-corrected chi connectivity index (χ4v) is 3.87. The number of carbonyl (C=O) groups is 1. The van der Waals surface area contributed by atoms with E-state index in [1.165, 1.54) is 0 Å². The highest BCUT2D eigenvalue weighted by molar-refractivity contribution is 7.98. The van der Waals surface area contributed by atoms with Crippen LogP contribution in [0, 0.1) is 0 Å². The normalized spacial score (nSPS) is 13.6. The highest BCUT2D eigenvalue weighted by atomic mass is 32.2. The third-order valence-corrected chi connectivity index (χ3v) is 5.71. The second-order valence-electron chi connectivity index (χ2n) is 6.88. The molecule has 2 N–H and O–H groups in total. The summed E-state index contributed by atoms with van der Waals surface area (Å²) in [5, 5.41) is 6.26. The molecular weight excluding hydrogens is 412 g/mol. The second-order valence-corrected chi connectivity index (χ2v) is 7.87. The van der Waals surface area contributed by atoms with E-state index in [9.17, 15) is 4.79 Å². The first-order chi connectivity index (χ1) is 15.2. The van der Waals surface area contributed by atoms with Crippen LogP contribution >= 0.6 is 11.8 Å². The minimum Gasteiger partial charge on any atom is -0.378 e. The maximum absolute atomic E-state index is 11.5. The minimum absolute atomic E-state index is 0.257. The SMILES string of the molecule is CNC(=O)Nc1ccc(-c2nc(CSc3ccccn3)cc(N3CCOCC3)n2)cc1. The Kier molecular flexibility index (Phi) is 6.96. The maximum Gasteiger partial charge on any atom is 0.318 e. The smallest absolute Gasteiger partial charge is 0.318 e. The lowest BCUT2D eigenvalue weighted by Gasteiger charge is -2.28. The first kappa shape index (κ1) is 21.1. The number of amides is 2. The van der Waals surface area contributed by atoms with E-state index >= 15 is 0 Å². The van der Waals surface area contributed by atoms with E-state index in [-0.39, 0.29) is 6.03 Å². The Morgan fingerprint density at radius 3 is 2.65 bits per heavy atom. The highest BCUT2D eigenvalue weighted by Crippen LogP contribution is 2.26. The van der Waals surface area contributed by atoms with Crippen molar-refractivity contribution in [3.05, 3.63) is 60.4 Å². The van der Waals surface area contributed by atoms with Crippen LogP contribution in [0.5, 0.6) is 0 Å². The summed E-state index contributed by atoms with van der Waals surface area (Å²) in [5.41, 5.74) is 2.54. The summed E-state index contributed by atoms with van der Waals surface area (Å²) in [7, 11) is 1.58. The molecule has 31 heavy (non-hydrogen) atoms. The van der Waals surface area contributed by atoms with E-state index in [1.54, 1.807) is 25.0 Å². The third kappa shape index (κ3) is 5.71. The number of aromatic nitrogens is 3. The number of carbonyl (C=O) groups excluding carboxylic acids is 1. The molecule has 4 rings (SSSR count).